The summed E-state index contributed by atoms with van der Waals surface area (Å²) in [6, 6.07) is 9.60. The van der Waals surface area contributed by atoms with Gasteiger partial charge < -0.3 is 15.3 Å². The van der Waals surface area contributed by atoms with E-state index < -0.39 is 11.4 Å². The quantitative estimate of drug-likeness (QED) is 0.439. The molecule has 1 aromatic rings. The van der Waals surface area contributed by atoms with Crippen LogP contribution in [0.25, 0.3) is 0 Å². The largest absolute Gasteiger partial charge is 0.465 e. The van der Waals surface area contributed by atoms with Crippen molar-refractivity contribution in [2.45, 2.75) is 26.7 Å². The number of aliphatic hydroxyl groups is 1. The molecule has 0 aliphatic rings. The first kappa shape index (κ1) is 17.1. The van der Waals surface area contributed by atoms with Gasteiger partial charge in [-0.3, -0.25) is 4.79 Å². The van der Waals surface area contributed by atoms with E-state index in [1.807, 2.05) is 37.3 Å². The summed E-state index contributed by atoms with van der Waals surface area (Å²) in [5.74, 6) is -0.428. The van der Waals surface area contributed by atoms with E-state index in [4.69, 9.17) is 15.3 Å². The fraction of sp³-hybridized carbons (Fsp3) is 0.412. The van der Waals surface area contributed by atoms with Gasteiger partial charge in [0.15, 0.2) is 0 Å². The van der Waals surface area contributed by atoms with Crippen LogP contribution in [0.1, 0.15) is 25.8 Å². The van der Waals surface area contributed by atoms with Gasteiger partial charge in [0.05, 0.1) is 6.61 Å². The summed E-state index contributed by atoms with van der Waals surface area (Å²) in [5.41, 5.74) is 0.180. The lowest BCUT2D eigenvalue weighted by Crippen LogP contribution is -2.39. The summed E-state index contributed by atoms with van der Waals surface area (Å²) in [7, 11) is 0. The van der Waals surface area contributed by atoms with Crippen molar-refractivity contribution in [3.05, 3.63) is 48.0 Å². The molecule has 21 heavy (non-hydrogen) atoms. The molecular weight excluding hydrogens is 266 g/mol. The Balaban J connectivity index is 2.94. The maximum atomic E-state index is 12.4. The second-order valence-electron chi connectivity index (χ2n) is 5.12. The molecule has 0 bridgehead atoms. The highest BCUT2D eigenvalue weighted by Gasteiger charge is 2.38. The molecule has 0 aliphatic carbocycles. The summed E-state index contributed by atoms with van der Waals surface area (Å²) in [4.78, 5) is 12.4. The molecule has 0 amide bonds. The van der Waals surface area contributed by atoms with Crippen LogP contribution in [-0.2, 0) is 16.0 Å². The van der Waals surface area contributed by atoms with E-state index in [1.54, 1.807) is 19.1 Å². The van der Waals surface area contributed by atoms with Crippen molar-refractivity contribution in [1.82, 2.24) is 0 Å². The van der Waals surface area contributed by atoms with Crippen molar-refractivity contribution < 1.29 is 14.6 Å². The van der Waals surface area contributed by atoms with Crippen LogP contribution in [0.3, 0.4) is 0 Å². The second kappa shape index (κ2) is 8.37. The molecule has 0 spiro atoms. The van der Waals surface area contributed by atoms with Gasteiger partial charge in [-0.2, -0.15) is 0 Å². The molecule has 0 aliphatic heterocycles. The average molecular weight is 289 g/mol. The minimum atomic E-state index is -1.02. The number of nitrogens with one attached hydrogen (secondary N) is 1. The fourth-order valence-corrected chi connectivity index (χ4v) is 2.02. The van der Waals surface area contributed by atoms with Crippen LogP contribution in [0.15, 0.2) is 42.5 Å². The van der Waals surface area contributed by atoms with Gasteiger partial charge in [-0.15, -0.1) is 0 Å². The van der Waals surface area contributed by atoms with Crippen LogP contribution in [0, 0.1) is 10.8 Å². The molecule has 1 aromatic carbocycles. The summed E-state index contributed by atoms with van der Waals surface area (Å²) in [5, 5.41) is 16.9. The summed E-state index contributed by atoms with van der Waals surface area (Å²) in [6.45, 7) is 3.69. The van der Waals surface area contributed by atoms with Crippen LogP contribution in [0.2, 0.25) is 0 Å². The molecule has 0 aromatic heterocycles. The highest BCUT2D eigenvalue weighted by Crippen LogP contribution is 2.27. The minimum Gasteiger partial charge on any atom is -0.465 e. The Bertz CT molecular complexity index is 496. The van der Waals surface area contributed by atoms with E-state index in [-0.39, 0.29) is 18.9 Å². The molecule has 1 atom stereocenters. The lowest BCUT2D eigenvalue weighted by molar-refractivity contribution is -0.151. The molecule has 4 nitrogen and oxygen atoms in total. The monoisotopic (exact) mass is 289 g/mol. The maximum absolute atomic E-state index is 12.4. The predicted octanol–water partition coefficient (Wildman–Crippen LogP) is 2.76. The van der Waals surface area contributed by atoms with Gasteiger partial charge >= 0.3 is 5.97 Å². The Morgan fingerprint density at radius 3 is 2.62 bits per heavy atom. The first-order valence-corrected chi connectivity index (χ1v) is 7.08. The lowest BCUT2D eigenvalue weighted by atomic mass is 9.79. The SMILES string of the molecule is C/C=C\C(=N)C(C)(Cc1ccccc1)C(=O)OCCCO. The van der Waals surface area contributed by atoms with Gasteiger partial charge in [0.1, 0.15) is 5.41 Å². The predicted molar refractivity (Wildman–Crippen MR) is 83.5 cm³/mol. The van der Waals surface area contributed by atoms with Crippen LogP contribution < -0.4 is 0 Å². The van der Waals surface area contributed by atoms with Gasteiger partial charge in [0.2, 0.25) is 0 Å². The summed E-state index contributed by atoms with van der Waals surface area (Å²) >= 11 is 0. The highest BCUT2D eigenvalue weighted by molar-refractivity contribution is 6.10. The van der Waals surface area contributed by atoms with E-state index in [1.165, 1.54) is 0 Å². The molecule has 1 unspecified atom stereocenters. The van der Waals surface area contributed by atoms with Crippen molar-refractivity contribution in [3.63, 3.8) is 0 Å². The van der Waals surface area contributed by atoms with Crippen LogP contribution in [0.4, 0.5) is 0 Å². The number of aliphatic hydroxyl groups excluding tert-OH is 1. The average Bonchev–Trinajstić information content (AvgIpc) is 2.48. The number of allylic oxidation sites excluding steroid dienone is 2. The molecule has 4 heteroatoms. The summed E-state index contributed by atoms with van der Waals surface area (Å²) < 4.78 is 5.21. The zero-order valence-corrected chi connectivity index (χ0v) is 12.6. The third-order valence-electron chi connectivity index (χ3n) is 3.31. The number of rotatable bonds is 8. The standard InChI is InChI=1S/C17H23NO3/c1-3-8-15(18)17(2,16(20)21-12-7-11-19)13-14-9-5-4-6-10-14/h3-6,8-10,18-19H,7,11-13H2,1-2H3/b8-3-,18-15?. The maximum Gasteiger partial charge on any atom is 0.318 e. The van der Waals surface area contributed by atoms with E-state index in [0.29, 0.717) is 12.8 Å². The zero-order chi connectivity index (χ0) is 15.7. The van der Waals surface area contributed by atoms with E-state index in [9.17, 15) is 4.79 Å². The normalized spacial score (nSPS) is 13.9. The third-order valence-corrected chi connectivity index (χ3v) is 3.31. The van der Waals surface area contributed by atoms with Gasteiger partial charge in [0.25, 0.3) is 0 Å². The molecule has 0 fully saturated rings. The number of benzene rings is 1. The number of ether oxygens (including phenoxy) is 1. The van der Waals surface area contributed by atoms with Crippen molar-refractivity contribution >= 4 is 11.7 Å². The van der Waals surface area contributed by atoms with E-state index in [0.717, 1.165) is 5.56 Å². The minimum absolute atomic E-state index is 0.0189. The van der Waals surface area contributed by atoms with Crippen molar-refractivity contribution in [1.29, 1.82) is 5.41 Å². The molecular formula is C17H23NO3. The zero-order valence-electron chi connectivity index (χ0n) is 12.6. The van der Waals surface area contributed by atoms with E-state index >= 15 is 0 Å². The van der Waals surface area contributed by atoms with Gasteiger partial charge in [-0.25, -0.2) is 0 Å². The Labute approximate surface area is 126 Å². The van der Waals surface area contributed by atoms with Crippen LogP contribution in [0.5, 0.6) is 0 Å². The molecule has 0 saturated carbocycles. The molecule has 2 N–H and O–H groups in total. The van der Waals surface area contributed by atoms with Crippen molar-refractivity contribution in [2.24, 2.45) is 5.41 Å². The Morgan fingerprint density at radius 1 is 1.38 bits per heavy atom. The highest BCUT2D eigenvalue weighted by atomic mass is 16.5. The molecule has 1 rings (SSSR count). The molecule has 0 heterocycles. The van der Waals surface area contributed by atoms with E-state index in [2.05, 4.69) is 0 Å². The van der Waals surface area contributed by atoms with Gasteiger partial charge in [-0.1, -0.05) is 36.4 Å². The smallest absolute Gasteiger partial charge is 0.318 e. The lowest BCUT2D eigenvalue weighted by Gasteiger charge is -2.27. The fourth-order valence-electron chi connectivity index (χ4n) is 2.02. The molecule has 0 saturated heterocycles. The van der Waals surface area contributed by atoms with Crippen molar-refractivity contribution in [3.8, 4) is 0 Å². The topological polar surface area (TPSA) is 70.4 Å². The van der Waals surface area contributed by atoms with Crippen LogP contribution in [-0.4, -0.2) is 30.0 Å². The number of hydrogen-bond donors (Lipinski definition) is 2. The third kappa shape index (κ3) is 4.83. The molecule has 114 valence electrons. The van der Waals surface area contributed by atoms with Gasteiger partial charge in [-0.05, 0) is 31.9 Å². The van der Waals surface area contributed by atoms with Crippen molar-refractivity contribution in [2.75, 3.05) is 13.2 Å². The number of hydrogen-bond acceptors (Lipinski definition) is 4. The molecule has 0 radical (unpaired) electrons. The number of esters is 1. The number of carbonyl (C=O) groups is 1. The number of carbonyl (C=O) groups excluding carboxylic acids is 1. The summed E-state index contributed by atoms with van der Waals surface area (Å²) in [6.07, 6.45) is 4.18. The first-order chi connectivity index (χ1) is 10.0. The first-order valence-electron chi connectivity index (χ1n) is 7.08. The van der Waals surface area contributed by atoms with Crippen LogP contribution >= 0.6 is 0 Å². The second-order valence-corrected chi connectivity index (χ2v) is 5.12. The Kier molecular flexibility index (Phi) is 6.82. The van der Waals surface area contributed by atoms with Gasteiger partial charge in [0, 0.05) is 18.7 Å². The Morgan fingerprint density at radius 2 is 2.05 bits per heavy atom. The Hall–Kier alpha value is -1.94.